The van der Waals surface area contributed by atoms with E-state index < -0.39 is 10.1 Å². The summed E-state index contributed by atoms with van der Waals surface area (Å²) in [6.07, 6.45) is 38.5. The summed E-state index contributed by atoms with van der Waals surface area (Å²) in [7, 11) is -4.78. The molecule has 4 aromatic carbocycles. The predicted molar refractivity (Wildman–Crippen MR) is 299 cm³/mol. The van der Waals surface area contributed by atoms with E-state index in [4.69, 9.17) is 9.47 Å². The molecular formula is C63H88N2O5S. The minimum Gasteiger partial charge on any atom is -0.744 e. The molecule has 0 bridgehead atoms. The van der Waals surface area contributed by atoms with E-state index in [2.05, 4.69) is 110 Å². The first-order valence-electron chi connectivity index (χ1n) is 27.9. The highest BCUT2D eigenvalue weighted by Crippen LogP contribution is 2.36. The van der Waals surface area contributed by atoms with E-state index in [0.29, 0.717) is 11.1 Å². The summed E-state index contributed by atoms with van der Waals surface area (Å²) in [6, 6.07) is 31.7. The van der Waals surface area contributed by atoms with Crippen molar-refractivity contribution >= 4 is 38.5 Å². The van der Waals surface area contributed by atoms with Crippen LogP contribution < -0.4 is 14.4 Å². The molecule has 386 valence electrons. The van der Waals surface area contributed by atoms with Gasteiger partial charge >= 0.3 is 0 Å². The van der Waals surface area contributed by atoms with Crippen LogP contribution in [0.5, 0.6) is 11.5 Å². The van der Waals surface area contributed by atoms with Crippen LogP contribution in [-0.2, 0) is 10.1 Å². The molecule has 1 aliphatic rings. The minimum absolute atomic E-state index is 0.233. The molecule has 71 heavy (non-hydrogen) atoms. The number of nitrogens with zero attached hydrogens (tertiary/aromatic N) is 2. The third-order valence-corrected chi connectivity index (χ3v) is 14.6. The molecule has 0 radical (unpaired) electrons. The number of ether oxygens (including phenoxy) is 2. The summed E-state index contributed by atoms with van der Waals surface area (Å²) in [4.78, 5) is 2.09. The molecular weight excluding hydrogens is 897 g/mol. The average Bonchev–Trinajstić information content (AvgIpc) is 3.39. The lowest BCUT2D eigenvalue weighted by Gasteiger charge is -2.26. The Bertz CT molecular complexity index is 2330. The zero-order chi connectivity index (χ0) is 50.4. The molecule has 0 saturated carbocycles. The summed E-state index contributed by atoms with van der Waals surface area (Å²) in [6.45, 7) is 12.1. The highest BCUT2D eigenvalue weighted by molar-refractivity contribution is 7.85. The normalized spacial score (nSPS) is 12.4. The van der Waals surface area contributed by atoms with Crippen molar-refractivity contribution in [3.8, 4) is 11.5 Å². The average molecular weight is 985 g/mol. The minimum atomic E-state index is -4.78. The highest BCUT2D eigenvalue weighted by atomic mass is 32.2. The number of hydrogen-bond acceptors (Lipinski definition) is 6. The van der Waals surface area contributed by atoms with E-state index in [9.17, 15) is 13.0 Å². The van der Waals surface area contributed by atoms with Gasteiger partial charge in [0.25, 0.3) is 0 Å². The van der Waals surface area contributed by atoms with Gasteiger partial charge in [0.15, 0.2) is 0 Å². The number of rotatable bonds is 36. The van der Waals surface area contributed by atoms with Crippen LogP contribution in [0.15, 0.2) is 132 Å². The third kappa shape index (κ3) is 19.9. The maximum absolute atomic E-state index is 12.8. The Morgan fingerprint density at radius 2 is 0.930 bits per heavy atom. The van der Waals surface area contributed by atoms with Crippen molar-refractivity contribution in [2.24, 2.45) is 0 Å². The molecule has 0 fully saturated rings. The second-order valence-corrected chi connectivity index (χ2v) is 20.8. The third-order valence-electron chi connectivity index (χ3n) is 13.7. The van der Waals surface area contributed by atoms with Crippen molar-refractivity contribution in [1.29, 1.82) is 0 Å². The molecule has 0 aliphatic heterocycles. The Hall–Kier alpha value is -4.92. The number of benzene rings is 4. The van der Waals surface area contributed by atoms with Gasteiger partial charge in [-0.15, -0.1) is 0 Å². The van der Waals surface area contributed by atoms with Crippen molar-refractivity contribution in [3.63, 3.8) is 0 Å². The van der Waals surface area contributed by atoms with Crippen molar-refractivity contribution in [2.75, 3.05) is 31.2 Å². The van der Waals surface area contributed by atoms with Gasteiger partial charge in [-0.1, -0.05) is 186 Å². The lowest BCUT2D eigenvalue weighted by Crippen LogP contribution is -2.18. The zero-order valence-corrected chi connectivity index (χ0v) is 45.0. The van der Waals surface area contributed by atoms with Gasteiger partial charge in [-0.2, -0.15) is 4.58 Å². The topological polar surface area (TPSA) is 81.9 Å². The summed E-state index contributed by atoms with van der Waals surface area (Å²) in [5, 5.41) is 0. The molecule has 0 spiro atoms. The molecule has 5 rings (SSSR count). The van der Waals surface area contributed by atoms with Crippen LogP contribution >= 0.6 is 0 Å². The lowest BCUT2D eigenvalue weighted by molar-refractivity contribution is -0.439. The van der Waals surface area contributed by atoms with Gasteiger partial charge in [0.05, 0.1) is 18.1 Å². The van der Waals surface area contributed by atoms with E-state index in [1.54, 1.807) is 18.2 Å². The number of anilines is 2. The zero-order valence-electron chi connectivity index (χ0n) is 44.2. The fraction of sp³-hybridized carbons (Fsp3) is 0.508. The molecule has 0 saturated heterocycles. The van der Waals surface area contributed by atoms with E-state index in [1.807, 2.05) is 24.3 Å². The SMILES string of the molecule is CCCCCCCCCCCCOc1ccc(N(CCCC)c2ccc(C(=C3C=CC(=[N+](CCCC)c4ccc(OCCCCCCCCCCCC)cc4)C=C3)c3ccccc3S(=O)(=O)[O-])cc2)cc1. The fourth-order valence-electron chi connectivity index (χ4n) is 9.44. The second kappa shape index (κ2) is 32.9. The molecule has 0 atom stereocenters. The summed E-state index contributed by atoms with van der Waals surface area (Å²) in [5.41, 5.74) is 6.94. The van der Waals surface area contributed by atoms with Gasteiger partial charge in [-0.3, -0.25) is 0 Å². The first-order chi connectivity index (χ1) is 34.8. The van der Waals surface area contributed by atoms with Crippen molar-refractivity contribution in [3.05, 3.63) is 138 Å². The first kappa shape index (κ1) is 57.0. The summed E-state index contributed by atoms with van der Waals surface area (Å²) < 4.78 is 53.0. The Morgan fingerprint density at radius 3 is 1.41 bits per heavy atom. The Kier molecular flexibility index (Phi) is 26.4. The molecule has 0 amide bonds. The Morgan fingerprint density at radius 1 is 0.493 bits per heavy atom. The van der Waals surface area contributed by atoms with E-state index in [0.717, 1.165) is 110 Å². The number of unbranched alkanes of at least 4 members (excludes halogenated alkanes) is 20. The van der Waals surface area contributed by atoms with Gasteiger partial charge in [0.1, 0.15) is 28.2 Å². The molecule has 0 aromatic heterocycles. The second-order valence-electron chi connectivity index (χ2n) is 19.5. The Balaban J connectivity index is 1.30. The highest BCUT2D eigenvalue weighted by Gasteiger charge is 2.21. The lowest BCUT2D eigenvalue weighted by atomic mass is 9.90. The van der Waals surface area contributed by atoms with Crippen molar-refractivity contribution < 1.29 is 27.0 Å². The molecule has 8 heteroatoms. The van der Waals surface area contributed by atoms with Crippen LogP contribution in [-0.4, -0.2) is 49.6 Å². The molecule has 0 heterocycles. The maximum atomic E-state index is 12.8. The van der Waals surface area contributed by atoms with Crippen LogP contribution in [0.2, 0.25) is 0 Å². The van der Waals surface area contributed by atoms with E-state index >= 15 is 0 Å². The van der Waals surface area contributed by atoms with Crippen LogP contribution in [0.25, 0.3) is 5.57 Å². The maximum Gasteiger partial charge on any atom is 0.205 e. The van der Waals surface area contributed by atoms with Crippen molar-refractivity contribution in [2.45, 2.75) is 187 Å². The van der Waals surface area contributed by atoms with Crippen LogP contribution in [0.4, 0.5) is 17.1 Å². The molecule has 7 nitrogen and oxygen atoms in total. The molecule has 4 aromatic rings. The largest absolute Gasteiger partial charge is 0.744 e. The van der Waals surface area contributed by atoms with Crippen LogP contribution in [0, 0.1) is 0 Å². The fourth-order valence-corrected chi connectivity index (χ4v) is 10.1. The molecule has 0 unspecified atom stereocenters. The standard InChI is InChI=1S/C63H88N2O5S/c1-5-9-13-15-17-19-21-23-25-29-51-69-59-45-41-57(42-46-59)64(49-11-7-3)55-37-33-53(34-38-55)63(61-31-27-28-32-62(61)71(66,67)68)54-35-39-56(40-36-54)65(50-12-8-4)58-43-47-60(48-44-58)70-52-30-26-24-22-20-18-16-14-10-6-2/h27-28,31-48H,5-26,29-30,49-52H2,1-4H3. The quantitative estimate of drug-likeness (QED) is 0.0257. The van der Waals surface area contributed by atoms with Gasteiger partial charge < -0.3 is 18.9 Å². The van der Waals surface area contributed by atoms with Gasteiger partial charge in [0, 0.05) is 54.2 Å². The monoisotopic (exact) mass is 985 g/mol. The molecule has 0 N–H and O–H groups in total. The van der Waals surface area contributed by atoms with Gasteiger partial charge in [0.2, 0.25) is 11.4 Å². The molecule has 1 aliphatic carbocycles. The number of allylic oxidation sites excluding steroid dienone is 5. The van der Waals surface area contributed by atoms with E-state index in [-0.39, 0.29) is 4.90 Å². The van der Waals surface area contributed by atoms with Gasteiger partial charge in [-0.25, -0.2) is 8.42 Å². The van der Waals surface area contributed by atoms with Crippen LogP contribution in [0.3, 0.4) is 0 Å². The summed E-state index contributed by atoms with van der Waals surface area (Å²) in [5.74, 6) is 1.78. The smallest absolute Gasteiger partial charge is 0.205 e. The predicted octanol–water partition coefficient (Wildman–Crippen LogP) is 17.6. The first-order valence-corrected chi connectivity index (χ1v) is 29.3. The van der Waals surface area contributed by atoms with E-state index in [1.165, 1.54) is 122 Å². The summed E-state index contributed by atoms with van der Waals surface area (Å²) >= 11 is 0. The van der Waals surface area contributed by atoms with Crippen molar-refractivity contribution in [1.82, 2.24) is 0 Å². The number of hydrogen-bond donors (Lipinski definition) is 0. The van der Waals surface area contributed by atoms with Gasteiger partial charge in [-0.05, 0) is 103 Å². The Labute approximate surface area is 430 Å². The van der Waals surface area contributed by atoms with Crippen LogP contribution in [0.1, 0.15) is 193 Å².